The molecule has 1 saturated carbocycles. The number of hydrogen-bond acceptors (Lipinski definition) is 6. The lowest BCUT2D eigenvalue weighted by molar-refractivity contribution is -0.115. The van der Waals surface area contributed by atoms with E-state index >= 15 is 0 Å². The third-order valence-electron chi connectivity index (χ3n) is 4.22. The Kier molecular flexibility index (Phi) is 4.69. The molecule has 1 unspecified atom stereocenters. The SMILES string of the molecule is Cc1cc(NC(=O)C(C)Sc2nnc(-c3ccccc3F)n2C2CC2)no1. The molecule has 140 valence electrons. The number of carbonyl (C=O) groups excluding carboxylic acids is 1. The van der Waals surface area contributed by atoms with Crippen LogP contribution < -0.4 is 5.32 Å². The van der Waals surface area contributed by atoms with E-state index in [1.54, 1.807) is 38.1 Å². The summed E-state index contributed by atoms with van der Waals surface area (Å²) in [5.74, 6) is 0.939. The van der Waals surface area contributed by atoms with Gasteiger partial charge in [0.05, 0.1) is 10.8 Å². The van der Waals surface area contributed by atoms with Gasteiger partial charge in [-0.05, 0) is 38.8 Å². The predicted molar refractivity (Wildman–Crippen MR) is 98.9 cm³/mol. The van der Waals surface area contributed by atoms with Crippen LogP contribution in [0.15, 0.2) is 40.0 Å². The van der Waals surface area contributed by atoms with Crippen molar-refractivity contribution in [3.63, 3.8) is 0 Å². The number of anilines is 1. The molecule has 1 fully saturated rings. The van der Waals surface area contributed by atoms with Gasteiger partial charge in [0.1, 0.15) is 11.6 Å². The summed E-state index contributed by atoms with van der Waals surface area (Å²) in [6, 6.07) is 8.40. The summed E-state index contributed by atoms with van der Waals surface area (Å²) in [7, 11) is 0. The topological polar surface area (TPSA) is 85.8 Å². The minimum Gasteiger partial charge on any atom is -0.360 e. The van der Waals surface area contributed by atoms with Gasteiger partial charge >= 0.3 is 0 Å². The molecule has 2 aromatic heterocycles. The number of nitrogens with one attached hydrogen (secondary N) is 1. The highest BCUT2D eigenvalue weighted by Crippen LogP contribution is 2.42. The number of benzene rings is 1. The summed E-state index contributed by atoms with van der Waals surface area (Å²) in [5, 5.41) is 15.1. The Morgan fingerprint density at radius 1 is 1.37 bits per heavy atom. The number of amides is 1. The maximum absolute atomic E-state index is 14.2. The number of aromatic nitrogens is 4. The predicted octanol–water partition coefficient (Wildman–Crippen LogP) is 3.83. The molecule has 0 spiro atoms. The van der Waals surface area contributed by atoms with E-state index in [9.17, 15) is 9.18 Å². The van der Waals surface area contributed by atoms with Crippen molar-refractivity contribution in [1.29, 1.82) is 0 Å². The number of hydrogen-bond donors (Lipinski definition) is 1. The van der Waals surface area contributed by atoms with E-state index in [4.69, 9.17) is 4.52 Å². The fourth-order valence-corrected chi connectivity index (χ4v) is 3.63. The van der Waals surface area contributed by atoms with Crippen molar-refractivity contribution < 1.29 is 13.7 Å². The first-order chi connectivity index (χ1) is 13.0. The molecule has 1 aliphatic rings. The largest absolute Gasteiger partial charge is 0.360 e. The Bertz CT molecular complexity index is 982. The third kappa shape index (κ3) is 3.73. The molecule has 2 heterocycles. The number of halogens is 1. The van der Waals surface area contributed by atoms with Crippen molar-refractivity contribution in [2.45, 2.75) is 43.1 Å². The Morgan fingerprint density at radius 2 is 2.15 bits per heavy atom. The van der Waals surface area contributed by atoms with E-state index < -0.39 is 5.25 Å². The highest BCUT2D eigenvalue weighted by atomic mass is 32.2. The molecule has 0 saturated heterocycles. The smallest absolute Gasteiger partial charge is 0.238 e. The van der Waals surface area contributed by atoms with E-state index in [0.717, 1.165) is 12.8 Å². The van der Waals surface area contributed by atoms with E-state index in [-0.39, 0.29) is 17.8 Å². The summed E-state index contributed by atoms with van der Waals surface area (Å²) in [5.41, 5.74) is 0.416. The lowest BCUT2D eigenvalue weighted by Gasteiger charge is -2.12. The van der Waals surface area contributed by atoms with Crippen LogP contribution in [0.4, 0.5) is 10.2 Å². The van der Waals surface area contributed by atoms with Crippen LogP contribution in [0.5, 0.6) is 0 Å². The number of nitrogens with zero attached hydrogens (tertiary/aromatic N) is 4. The average molecular weight is 387 g/mol. The number of aryl methyl sites for hydroxylation is 1. The molecule has 1 amide bonds. The van der Waals surface area contributed by atoms with Crippen LogP contribution in [-0.4, -0.2) is 31.1 Å². The molecule has 1 aliphatic carbocycles. The maximum Gasteiger partial charge on any atom is 0.238 e. The van der Waals surface area contributed by atoms with Crippen molar-refractivity contribution in [3.8, 4) is 11.4 Å². The first-order valence-corrected chi connectivity index (χ1v) is 9.51. The zero-order chi connectivity index (χ0) is 19.0. The zero-order valence-electron chi connectivity index (χ0n) is 14.8. The molecule has 1 N–H and O–H groups in total. The van der Waals surface area contributed by atoms with Gasteiger partial charge in [-0.2, -0.15) is 0 Å². The van der Waals surface area contributed by atoms with Crippen LogP contribution in [-0.2, 0) is 4.79 Å². The fourth-order valence-electron chi connectivity index (χ4n) is 2.71. The second-order valence-corrected chi connectivity index (χ2v) is 7.77. The molecular formula is C18H18FN5O2S. The van der Waals surface area contributed by atoms with Crippen LogP contribution in [0.3, 0.4) is 0 Å². The van der Waals surface area contributed by atoms with Crippen molar-refractivity contribution >= 4 is 23.5 Å². The van der Waals surface area contributed by atoms with Gasteiger partial charge in [0, 0.05) is 12.1 Å². The van der Waals surface area contributed by atoms with Gasteiger partial charge in [-0.3, -0.25) is 9.36 Å². The molecule has 7 nitrogen and oxygen atoms in total. The van der Waals surface area contributed by atoms with Crippen molar-refractivity contribution in [2.75, 3.05) is 5.32 Å². The van der Waals surface area contributed by atoms with E-state index in [0.29, 0.717) is 28.1 Å². The molecule has 1 aromatic carbocycles. The lowest BCUT2D eigenvalue weighted by Crippen LogP contribution is -2.23. The Labute approximate surface area is 159 Å². The molecule has 0 radical (unpaired) electrons. The molecule has 0 aliphatic heterocycles. The highest BCUT2D eigenvalue weighted by Gasteiger charge is 2.32. The summed E-state index contributed by atoms with van der Waals surface area (Å²) < 4.78 is 21.1. The monoisotopic (exact) mass is 387 g/mol. The van der Waals surface area contributed by atoms with E-state index in [1.807, 2.05) is 4.57 Å². The van der Waals surface area contributed by atoms with Crippen LogP contribution in [0, 0.1) is 12.7 Å². The standard InChI is InChI=1S/C18H18FN5O2S/c1-10-9-15(23-26-10)20-17(25)11(2)27-18-22-21-16(24(18)12-7-8-12)13-5-3-4-6-14(13)19/h3-6,9,11-12H,7-8H2,1-2H3,(H,20,23,25). The van der Waals surface area contributed by atoms with Crippen molar-refractivity contribution in [1.82, 2.24) is 19.9 Å². The van der Waals surface area contributed by atoms with Gasteiger partial charge in [0.2, 0.25) is 5.91 Å². The van der Waals surface area contributed by atoms with E-state index in [1.165, 1.54) is 17.8 Å². The van der Waals surface area contributed by atoms with Gasteiger partial charge in [-0.1, -0.05) is 29.1 Å². The Balaban J connectivity index is 1.55. The maximum atomic E-state index is 14.2. The minimum atomic E-state index is -0.433. The summed E-state index contributed by atoms with van der Waals surface area (Å²) in [6.07, 6.45) is 1.98. The lowest BCUT2D eigenvalue weighted by atomic mass is 10.2. The molecule has 0 bridgehead atoms. The van der Waals surface area contributed by atoms with Gasteiger partial charge in [0.25, 0.3) is 0 Å². The average Bonchev–Trinajstić information content (AvgIpc) is 3.28. The second kappa shape index (κ2) is 7.15. The number of carbonyl (C=O) groups is 1. The Morgan fingerprint density at radius 3 is 2.81 bits per heavy atom. The van der Waals surface area contributed by atoms with Crippen LogP contribution in [0.25, 0.3) is 11.4 Å². The summed E-state index contributed by atoms with van der Waals surface area (Å²) in [4.78, 5) is 12.4. The van der Waals surface area contributed by atoms with Crippen molar-refractivity contribution in [2.24, 2.45) is 0 Å². The van der Waals surface area contributed by atoms with E-state index in [2.05, 4.69) is 20.7 Å². The molecule has 1 atom stereocenters. The number of rotatable bonds is 6. The van der Waals surface area contributed by atoms with Crippen LogP contribution in [0.1, 0.15) is 31.6 Å². The minimum absolute atomic E-state index is 0.217. The zero-order valence-corrected chi connectivity index (χ0v) is 15.7. The molecular weight excluding hydrogens is 369 g/mol. The van der Waals surface area contributed by atoms with Gasteiger partial charge < -0.3 is 9.84 Å². The quantitative estimate of drug-likeness (QED) is 0.647. The summed E-state index contributed by atoms with van der Waals surface area (Å²) in [6.45, 7) is 3.53. The fraction of sp³-hybridized carbons (Fsp3) is 0.333. The van der Waals surface area contributed by atoms with Gasteiger partial charge in [-0.15, -0.1) is 10.2 Å². The van der Waals surface area contributed by atoms with Crippen LogP contribution >= 0.6 is 11.8 Å². The van der Waals surface area contributed by atoms with Gasteiger partial charge in [-0.25, -0.2) is 4.39 Å². The first-order valence-electron chi connectivity index (χ1n) is 8.63. The number of thioether (sulfide) groups is 1. The van der Waals surface area contributed by atoms with Crippen molar-refractivity contribution in [3.05, 3.63) is 41.9 Å². The molecule has 27 heavy (non-hydrogen) atoms. The first kappa shape index (κ1) is 17.7. The third-order valence-corrected chi connectivity index (χ3v) is 5.28. The molecule has 9 heteroatoms. The second-order valence-electron chi connectivity index (χ2n) is 6.46. The normalized spacial score (nSPS) is 14.9. The molecule has 4 rings (SSSR count). The summed E-state index contributed by atoms with van der Waals surface area (Å²) >= 11 is 1.29. The van der Waals surface area contributed by atoms with Crippen LogP contribution in [0.2, 0.25) is 0 Å². The Hall–Kier alpha value is -2.68. The van der Waals surface area contributed by atoms with Gasteiger partial charge in [0.15, 0.2) is 16.8 Å². The molecule has 3 aromatic rings. The highest BCUT2D eigenvalue weighted by molar-refractivity contribution is 8.00.